The number of anilines is 1. The minimum atomic E-state index is -0.268. The number of benzene rings is 1. The first-order valence-electron chi connectivity index (χ1n) is 8.69. The van der Waals surface area contributed by atoms with Gasteiger partial charge < -0.3 is 10.2 Å². The Bertz CT molecular complexity index is 955. The second-order valence-corrected chi connectivity index (χ2v) is 6.24. The summed E-state index contributed by atoms with van der Waals surface area (Å²) in [4.78, 5) is 34.7. The van der Waals surface area contributed by atoms with Gasteiger partial charge in [0.05, 0.1) is 12.2 Å². The number of nitrogens with zero attached hydrogens (tertiary/aromatic N) is 5. The van der Waals surface area contributed by atoms with Crippen molar-refractivity contribution in [1.29, 1.82) is 0 Å². The molecule has 0 unspecified atom stereocenters. The highest BCUT2D eigenvalue weighted by Crippen LogP contribution is 2.17. The van der Waals surface area contributed by atoms with Gasteiger partial charge in [-0.3, -0.25) is 14.3 Å². The van der Waals surface area contributed by atoms with E-state index in [-0.39, 0.29) is 11.8 Å². The number of nitrogens with one attached hydrogen (secondary N) is 1. The maximum atomic E-state index is 12.7. The second kappa shape index (κ2) is 7.36. The van der Waals surface area contributed by atoms with E-state index in [1.54, 1.807) is 27.9 Å². The SMILES string of the molecule is O=C(Nc1ccccc1)c1cc2n(n1)CCCN(C(=O)c1ccncn1)C2. The van der Waals surface area contributed by atoms with Gasteiger partial charge in [-0.2, -0.15) is 5.10 Å². The number of fused-ring (bicyclic) bond motifs is 1. The molecule has 1 aliphatic rings. The van der Waals surface area contributed by atoms with E-state index in [2.05, 4.69) is 20.4 Å². The molecule has 136 valence electrons. The van der Waals surface area contributed by atoms with Crippen molar-refractivity contribution < 1.29 is 9.59 Å². The number of aryl methyl sites for hydroxylation is 1. The lowest BCUT2D eigenvalue weighted by Gasteiger charge is -2.19. The molecule has 0 aliphatic carbocycles. The first-order valence-corrected chi connectivity index (χ1v) is 8.69. The van der Waals surface area contributed by atoms with E-state index in [4.69, 9.17) is 0 Å². The van der Waals surface area contributed by atoms with Gasteiger partial charge in [-0.05, 0) is 30.7 Å². The van der Waals surface area contributed by atoms with E-state index in [1.165, 1.54) is 6.33 Å². The predicted octanol–water partition coefficient (Wildman–Crippen LogP) is 1.97. The summed E-state index contributed by atoms with van der Waals surface area (Å²) < 4.78 is 1.80. The highest BCUT2D eigenvalue weighted by Gasteiger charge is 2.23. The van der Waals surface area contributed by atoms with Crippen LogP contribution in [0.5, 0.6) is 0 Å². The summed E-state index contributed by atoms with van der Waals surface area (Å²) in [5.41, 5.74) is 2.24. The lowest BCUT2D eigenvalue weighted by atomic mass is 10.2. The molecule has 1 aliphatic heterocycles. The zero-order valence-electron chi connectivity index (χ0n) is 14.6. The molecule has 4 rings (SSSR count). The van der Waals surface area contributed by atoms with Crippen LogP contribution in [0.1, 0.15) is 33.1 Å². The van der Waals surface area contributed by atoms with Crippen molar-refractivity contribution in [3.63, 3.8) is 0 Å². The van der Waals surface area contributed by atoms with E-state index >= 15 is 0 Å². The Hall–Kier alpha value is -3.55. The monoisotopic (exact) mass is 362 g/mol. The number of hydrogen-bond donors (Lipinski definition) is 1. The Balaban J connectivity index is 1.52. The van der Waals surface area contributed by atoms with Gasteiger partial charge in [-0.25, -0.2) is 9.97 Å². The zero-order valence-corrected chi connectivity index (χ0v) is 14.6. The standard InChI is InChI=1S/C19H18N6O2/c26-18(22-14-5-2-1-3-6-14)17-11-15-12-24(9-4-10-25(15)23-17)19(27)16-7-8-20-13-21-16/h1-3,5-8,11,13H,4,9-10,12H2,(H,22,26). The van der Waals surface area contributed by atoms with E-state index < -0.39 is 0 Å². The molecule has 8 nitrogen and oxygen atoms in total. The van der Waals surface area contributed by atoms with Crippen LogP contribution in [0.2, 0.25) is 0 Å². The van der Waals surface area contributed by atoms with Crippen molar-refractivity contribution in [2.45, 2.75) is 19.5 Å². The lowest BCUT2D eigenvalue weighted by Crippen LogP contribution is -2.31. The van der Waals surface area contributed by atoms with Gasteiger partial charge in [0.15, 0.2) is 5.69 Å². The Morgan fingerprint density at radius 2 is 1.89 bits per heavy atom. The van der Waals surface area contributed by atoms with Crippen molar-refractivity contribution in [2.24, 2.45) is 0 Å². The number of carbonyl (C=O) groups is 2. The van der Waals surface area contributed by atoms with E-state index in [1.807, 2.05) is 30.3 Å². The summed E-state index contributed by atoms with van der Waals surface area (Å²) in [7, 11) is 0. The summed E-state index contributed by atoms with van der Waals surface area (Å²) in [6.07, 6.45) is 3.67. The normalized spacial score (nSPS) is 13.6. The van der Waals surface area contributed by atoms with Crippen molar-refractivity contribution in [2.75, 3.05) is 11.9 Å². The van der Waals surface area contributed by atoms with Crippen LogP contribution in [-0.4, -0.2) is 43.0 Å². The first kappa shape index (κ1) is 16.9. The number of amides is 2. The highest BCUT2D eigenvalue weighted by atomic mass is 16.2. The first-order chi connectivity index (χ1) is 13.2. The van der Waals surface area contributed by atoms with Crippen LogP contribution in [0.3, 0.4) is 0 Å². The average Bonchev–Trinajstić information content (AvgIpc) is 3.01. The van der Waals surface area contributed by atoms with Crippen LogP contribution in [0.15, 0.2) is 55.0 Å². The van der Waals surface area contributed by atoms with Crippen LogP contribution in [0.25, 0.3) is 0 Å². The van der Waals surface area contributed by atoms with Gasteiger partial charge in [0.1, 0.15) is 12.0 Å². The molecule has 2 aromatic heterocycles. The number of rotatable bonds is 3. The van der Waals surface area contributed by atoms with Gasteiger partial charge in [-0.15, -0.1) is 0 Å². The number of aromatic nitrogens is 4. The quantitative estimate of drug-likeness (QED) is 0.769. The molecule has 0 spiro atoms. The molecule has 0 saturated carbocycles. The maximum absolute atomic E-state index is 12.7. The molecule has 0 bridgehead atoms. The van der Waals surface area contributed by atoms with Gasteiger partial charge in [0, 0.05) is 25.0 Å². The van der Waals surface area contributed by atoms with Crippen LogP contribution in [-0.2, 0) is 13.1 Å². The fourth-order valence-electron chi connectivity index (χ4n) is 3.04. The summed E-state index contributed by atoms with van der Waals surface area (Å²) >= 11 is 0. The van der Waals surface area contributed by atoms with Crippen molar-refractivity contribution >= 4 is 17.5 Å². The molecule has 2 amide bonds. The number of para-hydroxylation sites is 1. The Labute approximate surface area is 155 Å². The fourth-order valence-corrected chi connectivity index (χ4v) is 3.04. The molecular formula is C19H18N6O2. The summed E-state index contributed by atoms with van der Waals surface area (Å²) in [5, 5.41) is 7.24. The topological polar surface area (TPSA) is 93.0 Å². The molecular weight excluding hydrogens is 344 g/mol. The minimum absolute atomic E-state index is 0.151. The molecule has 3 aromatic rings. The van der Waals surface area contributed by atoms with Gasteiger partial charge >= 0.3 is 0 Å². The highest BCUT2D eigenvalue weighted by molar-refractivity contribution is 6.02. The third-order valence-corrected chi connectivity index (χ3v) is 4.37. The zero-order chi connectivity index (χ0) is 18.6. The number of hydrogen-bond acceptors (Lipinski definition) is 5. The third-order valence-electron chi connectivity index (χ3n) is 4.37. The van der Waals surface area contributed by atoms with Gasteiger partial charge in [0.25, 0.3) is 11.8 Å². The number of carbonyl (C=O) groups excluding carboxylic acids is 2. The summed E-state index contributed by atoms with van der Waals surface area (Å²) in [6.45, 7) is 1.65. The van der Waals surface area contributed by atoms with E-state index in [0.29, 0.717) is 36.7 Å². The molecule has 27 heavy (non-hydrogen) atoms. The molecule has 1 N–H and O–H groups in total. The van der Waals surface area contributed by atoms with Crippen LogP contribution < -0.4 is 5.32 Å². The Kier molecular flexibility index (Phi) is 4.61. The molecule has 0 fully saturated rings. The molecule has 0 atom stereocenters. The van der Waals surface area contributed by atoms with E-state index in [0.717, 1.165) is 12.1 Å². The molecule has 8 heteroatoms. The molecule has 0 radical (unpaired) electrons. The average molecular weight is 362 g/mol. The largest absolute Gasteiger partial charge is 0.331 e. The smallest absolute Gasteiger partial charge is 0.276 e. The second-order valence-electron chi connectivity index (χ2n) is 6.24. The molecule has 0 saturated heterocycles. The summed E-state index contributed by atoms with van der Waals surface area (Å²) in [6, 6.07) is 12.6. The Morgan fingerprint density at radius 3 is 2.67 bits per heavy atom. The summed E-state index contributed by atoms with van der Waals surface area (Å²) in [5.74, 6) is -0.419. The molecule has 1 aromatic carbocycles. The fraction of sp³-hybridized carbons (Fsp3) is 0.211. The minimum Gasteiger partial charge on any atom is -0.331 e. The lowest BCUT2D eigenvalue weighted by molar-refractivity contribution is 0.0739. The van der Waals surface area contributed by atoms with Crippen molar-refractivity contribution in [3.8, 4) is 0 Å². The van der Waals surface area contributed by atoms with Crippen molar-refractivity contribution in [1.82, 2.24) is 24.6 Å². The maximum Gasteiger partial charge on any atom is 0.276 e. The van der Waals surface area contributed by atoms with Gasteiger partial charge in [0.2, 0.25) is 0 Å². The molecule has 3 heterocycles. The van der Waals surface area contributed by atoms with Crippen molar-refractivity contribution in [3.05, 3.63) is 72.1 Å². The third kappa shape index (κ3) is 3.69. The van der Waals surface area contributed by atoms with Crippen LogP contribution in [0, 0.1) is 0 Å². The van der Waals surface area contributed by atoms with Gasteiger partial charge in [-0.1, -0.05) is 18.2 Å². The predicted molar refractivity (Wildman–Crippen MR) is 98.0 cm³/mol. The van der Waals surface area contributed by atoms with Crippen LogP contribution in [0.4, 0.5) is 5.69 Å². The van der Waals surface area contributed by atoms with E-state index in [9.17, 15) is 9.59 Å². The van der Waals surface area contributed by atoms with Crippen LogP contribution >= 0.6 is 0 Å². The Morgan fingerprint density at radius 1 is 1.04 bits per heavy atom.